The second kappa shape index (κ2) is 16.0. The van der Waals surface area contributed by atoms with E-state index in [9.17, 15) is 24.0 Å². The molecule has 0 aliphatic heterocycles. The molecule has 0 bridgehead atoms. The van der Waals surface area contributed by atoms with E-state index in [0.29, 0.717) is 70.2 Å². The Morgan fingerprint density at radius 1 is 0.755 bits per heavy atom. The van der Waals surface area contributed by atoms with Crippen LogP contribution >= 0.6 is 11.3 Å². The molecule has 0 radical (unpaired) electrons. The third kappa shape index (κ3) is 8.68. The van der Waals surface area contributed by atoms with Gasteiger partial charge < -0.3 is 23.8 Å². The molecule has 0 saturated heterocycles. The molecule has 10 nitrogen and oxygen atoms in total. The van der Waals surface area contributed by atoms with Crippen molar-refractivity contribution in [3.05, 3.63) is 112 Å². The Balaban J connectivity index is 1.13. The van der Waals surface area contributed by atoms with E-state index in [1.807, 2.05) is 5.38 Å². The van der Waals surface area contributed by atoms with Crippen LogP contribution in [0.3, 0.4) is 0 Å². The van der Waals surface area contributed by atoms with E-state index < -0.39 is 23.8 Å². The van der Waals surface area contributed by atoms with Crippen molar-refractivity contribution < 1.29 is 42.9 Å². The lowest BCUT2D eigenvalue weighted by Gasteiger charge is -2.26. The highest BCUT2D eigenvalue weighted by Crippen LogP contribution is 2.33. The van der Waals surface area contributed by atoms with Gasteiger partial charge in [-0.1, -0.05) is 6.07 Å². The van der Waals surface area contributed by atoms with E-state index >= 15 is 0 Å². The molecule has 0 unspecified atom stereocenters. The number of methoxy groups -OCH3 is 2. The number of anilines is 1. The van der Waals surface area contributed by atoms with Gasteiger partial charge in [0.2, 0.25) is 0 Å². The molecular formula is C38H35NO9S. The lowest BCUT2D eigenvalue weighted by atomic mass is 9.82. The number of amides is 1. The Bertz CT molecular complexity index is 1840. The van der Waals surface area contributed by atoms with Crippen LogP contribution in [-0.4, -0.2) is 50.9 Å². The summed E-state index contributed by atoms with van der Waals surface area (Å²) in [6.45, 7) is 0. The number of hydrogen-bond acceptors (Lipinski definition) is 10. The molecule has 3 aromatic carbocycles. The first-order chi connectivity index (χ1) is 23.7. The molecule has 1 aliphatic rings. The van der Waals surface area contributed by atoms with Gasteiger partial charge in [-0.25, -0.2) is 4.79 Å². The van der Waals surface area contributed by atoms with E-state index in [2.05, 4.69) is 0 Å². The summed E-state index contributed by atoms with van der Waals surface area (Å²) in [6.07, 6.45) is 4.87. The molecule has 1 aliphatic carbocycles. The van der Waals surface area contributed by atoms with Crippen LogP contribution in [0.15, 0.2) is 90.3 Å². The zero-order valence-electron chi connectivity index (χ0n) is 27.3. The molecule has 5 rings (SSSR count). The van der Waals surface area contributed by atoms with Gasteiger partial charge >= 0.3 is 17.9 Å². The van der Waals surface area contributed by atoms with E-state index in [-0.39, 0.29) is 17.6 Å². The fourth-order valence-electron chi connectivity index (χ4n) is 5.41. The Kier molecular flexibility index (Phi) is 11.4. The van der Waals surface area contributed by atoms with Crippen LogP contribution in [0.25, 0.3) is 6.08 Å². The van der Waals surface area contributed by atoms with Gasteiger partial charge in [-0.3, -0.25) is 19.2 Å². The molecule has 49 heavy (non-hydrogen) atoms. The topological polar surface area (TPSA) is 126 Å². The second-order valence-corrected chi connectivity index (χ2v) is 12.3. The summed E-state index contributed by atoms with van der Waals surface area (Å²) >= 11 is 1.35. The summed E-state index contributed by atoms with van der Waals surface area (Å²) in [5, 5.41) is 1.83. The summed E-state index contributed by atoms with van der Waals surface area (Å²) in [6, 6.07) is 21.3. The first-order valence-corrected chi connectivity index (χ1v) is 16.5. The summed E-state index contributed by atoms with van der Waals surface area (Å²) in [5.41, 5.74) is 1.89. The van der Waals surface area contributed by atoms with Gasteiger partial charge in [0.1, 0.15) is 17.2 Å². The first kappa shape index (κ1) is 34.8. The minimum Gasteiger partial charge on any atom is -0.497 e. The Hall–Kier alpha value is -5.55. The molecular weight excluding hydrogens is 646 g/mol. The van der Waals surface area contributed by atoms with Crippen LogP contribution in [0, 0.1) is 11.8 Å². The fourth-order valence-corrected chi connectivity index (χ4v) is 6.06. The molecule has 1 saturated carbocycles. The van der Waals surface area contributed by atoms with E-state index in [4.69, 9.17) is 18.9 Å². The lowest BCUT2D eigenvalue weighted by molar-refractivity contribution is -0.145. The molecule has 0 atom stereocenters. The number of thiophene rings is 1. The van der Waals surface area contributed by atoms with Crippen molar-refractivity contribution in [2.45, 2.75) is 25.7 Å². The Morgan fingerprint density at radius 2 is 1.37 bits per heavy atom. The zero-order chi connectivity index (χ0) is 34.9. The number of ketones is 1. The summed E-state index contributed by atoms with van der Waals surface area (Å²) < 4.78 is 21.4. The minimum absolute atomic E-state index is 0.154. The molecule has 0 spiro atoms. The number of nitrogens with zero attached hydrogens (tertiary/aromatic N) is 1. The van der Waals surface area contributed by atoms with Gasteiger partial charge in [-0.05, 0) is 116 Å². The van der Waals surface area contributed by atoms with Crippen LogP contribution in [0.5, 0.6) is 17.2 Å². The van der Waals surface area contributed by atoms with Crippen LogP contribution < -0.4 is 19.1 Å². The van der Waals surface area contributed by atoms with Gasteiger partial charge in [0.15, 0.2) is 5.78 Å². The third-order valence-electron chi connectivity index (χ3n) is 8.30. The van der Waals surface area contributed by atoms with Crippen molar-refractivity contribution in [1.29, 1.82) is 0 Å². The average molecular weight is 682 g/mol. The van der Waals surface area contributed by atoms with E-state index in [0.717, 1.165) is 0 Å². The molecule has 4 aromatic rings. The molecule has 1 aromatic heterocycles. The molecule has 252 valence electrons. The second-order valence-electron chi connectivity index (χ2n) is 11.4. The highest BCUT2D eigenvalue weighted by atomic mass is 32.1. The SMILES string of the molecule is COC(=O)c1ccc(N(C)C(=O)c2ccc(OC(=O)C3CCC(C(=O)Oc4ccc(OC)cc4/C=C/C(=O)c4cccs4)CC3)cc2)cc1. The Morgan fingerprint density at radius 3 is 1.96 bits per heavy atom. The van der Waals surface area contributed by atoms with Gasteiger partial charge in [0.05, 0.1) is 36.5 Å². The predicted molar refractivity (Wildman–Crippen MR) is 184 cm³/mol. The van der Waals surface area contributed by atoms with Gasteiger partial charge in [0.25, 0.3) is 5.91 Å². The van der Waals surface area contributed by atoms with Crippen molar-refractivity contribution in [3.63, 3.8) is 0 Å². The van der Waals surface area contributed by atoms with Crippen molar-refractivity contribution in [1.82, 2.24) is 0 Å². The molecule has 1 heterocycles. The number of carbonyl (C=O) groups is 5. The maximum atomic E-state index is 13.1. The smallest absolute Gasteiger partial charge is 0.337 e. The Labute approximate surface area is 287 Å². The number of allylic oxidation sites excluding steroid dienone is 1. The fraction of sp³-hybridized carbons (Fsp3) is 0.237. The lowest BCUT2D eigenvalue weighted by Crippen LogP contribution is -2.30. The maximum absolute atomic E-state index is 13.1. The van der Waals surface area contributed by atoms with Crippen molar-refractivity contribution in [2.24, 2.45) is 11.8 Å². The molecule has 0 N–H and O–H groups in total. The highest BCUT2D eigenvalue weighted by molar-refractivity contribution is 7.12. The van der Waals surface area contributed by atoms with Crippen molar-refractivity contribution in [3.8, 4) is 17.2 Å². The highest BCUT2D eigenvalue weighted by Gasteiger charge is 2.32. The van der Waals surface area contributed by atoms with Crippen molar-refractivity contribution in [2.75, 3.05) is 26.2 Å². The molecule has 1 fully saturated rings. The van der Waals surface area contributed by atoms with Crippen LogP contribution in [0.1, 0.15) is 61.6 Å². The number of rotatable bonds is 11. The van der Waals surface area contributed by atoms with Gasteiger partial charge in [-0.2, -0.15) is 0 Å². The first-order valence-electron chi connectivity index (χ1n) is 15.6. The zero-order valence-corrected chi connectivity index (χ0v) is 28.1. The number of ether oxygens (including phenoxy) is 4. The summed E-state index contributed by atoms with van der Waals surface area (Å²) in [5.74, 6) is -1.29. The number of carbonyl (C=O) groups excluding carboxylic acids is 5. The number of benzene rings is 3. The normalized spacial score (nSPS) is 15.7. The van der Waals surface area contributed by atoms with E-state index in [1.54, 1.807) is 92.0 Å². The number of hydrogen-bond donors (Lipinski definition) is 0. The molecule has 11 heteroatoms. The minimum atomic E-state index is -0.464. The summed E-state index contributed by atoms with van der Waals surface area (Å²) in [7, 11) is 4.46. The monoisotopic (exact) mass is 681 g/mol. The molecule has 1 amide bonds. The van der Waals surface area contributed by atoms with Crippen LogP contribution in [0.4, 0.5) is 5.69 Å². The third-order valence-corrected chi connectivity index (χ3v) is 9.18. The quantitative estimate of drug-likeness (QED) is 0.0710. The van der Waals surface area contributed by atoms with Crippen molar-refractivity contribution >= 4 is 52.7 Å². The maximum Gasteiger partial charge on any atom is 0.337 e. The van der Waals surface area contributed by atoms with Gasteiger partial charge in [-0.15, -0.1) is 11.3 Å². The largest absolute Gasteiger partial charge is 0.497 e. The standard InChI is InChI=1S/C38H35NO9S/c1-39(29-15-10-25(11-16-29)36(42)46-3)35(41)24-12-17-30(18-13-24)47-37(43)26-6-8-27(9-7-26)38(44)48-33-21-19-31(45-2)23-28(33)14-20-32(40)34-5-4-22-49-34/h4-5,10-23,26-27H,6-9H2,1-3H3/b20-14+. The van der Waals surface area contributed by atoms with Crippen LogP contribution in [0.2, 0.25) is 0 Å². The average Bonchev–Trinajstić information content (AvgIpc) is 3.69. The predicted octanol–water partition coefficient (Wildman–Crippen LogP) is 7.03. The number of esters is 3. The van der Waals surface area contributed by atoms with Gasteiger partial charge in [0, 0.05) is 23.9 Å². The van der Waals surface area contributed by atoms with E-state index in [1.165, 1.54) is 36.5 Å². The van der Waals surface area contributed by atoms with Crippen LogP contribution in [-0.2, 0) is 14.3 Å². The summed E-state index contributed by atoms with van der Waals surface area (Å²) in [4.78, 5) is 65.3.